The maximum Gasteiger partial charge on any atom is 0.407 e. The number of amides is 3. The Morgan fingerprint density at radius 1 is 1.29 bits per heavy atom. The number of hydrogen-bond donors (Lipinski definition) is 2. The van der Waals surface area contributed by atoms with Crippen LogP contribution in [0.3, 0.4) is 0 Å². The molecule has 3 rings (SSSR count). The number of hydrogen-bond acceptors (Lipinski definition) is 3. The van der Waals surface area contributed by atoms with Crippen molar-refractivity contribution in [3.63, 3.8) is 0 Å². The fourth-order valence-electron chi connectivity index (χ4n) is 3.39. The Morgan fingerprint density at radius 2 is 2.04 bits per heavy atom. The van der Waals surface area contributed by atoms with Crippen molar-refractivity contribution < 1.29 is 19.5 Å². The Bertz CT molecular complexity index is 722. The Kier molecular flexibility index (Phi) is 4.49. The maximum atomic E-state index is 12.9. The van der Waals surface area contributed by atoms with Gasteiger partial charge in [-0.1, -0.05) is 15.9 Å². The van der Waals surface area contributed by atoms with Crippen molar-refractivity contribution in [3.8, 4) is 0 Å². The Balaban J connectivity index is 1.93. The molecule has 0 spiro atoms. The molecule has 1 saturated heterocycles. The summed E-state index contributed by atoms with van der Waals surface area (Å²) in [6.45, 7) is 0.877. The topological polar surface area (TPSA) is 90.0 Å². The first kappa shape index (κ1) is 16.8. The van der Waals surface area contributed by atoms with E-state index in [1.54, 1.807) is 24.1 Å². The van der Waals surface area contributed by atoms with Gasteiger partial charge in [0.15, 0.2) is 0 Å². The van der Waals surface area contributed by atoms with E-state index < -0.39 is 12.1 Å². The lowest BCUT2D eigenvalue weighted by Gasteiger charge is -2.26. The zero-order valence-electron chi connectivity index (χ0n) is 13.2. The molecule has 3 amide bonds. The predicted molar refractivity (Wildman–Crippen MR) is 91.3 cm³/mol. The second kappa shape index (κ2) is 6.43. The number of fused-ring (bicyclic) bond motifs is 1. The molecule has 2 heterocycles. The van der Waals surface area contributed by atoms with E-state index in [2.05, 4.69) is 21.2 Å². The van der Waals surface area contributed by atoms with Crippen LogP contribution in [0.25, 0.3) is 0 Å². The second-order valence-electron chi connectivity index (χ2n) is 5.91. The number of likely N-dealkylation sites (tertiary alicyclic amines) is 1. The van der Waals surface area contributed by atoms with Gasteiger partial charge in [-0.15, -0.1) is 0 Å². The van der Waals surface area contributed by atoms with Crippen LogP contribution < -0.4 is 10.2 Å². The molecule has 128 valence electrons. The molecule has 0 aromatic heterocycles. The highest BCUT2D eigenvalue weighted by Crippen LogP contribution is 2.36. The number of anilines is 1. The molecule has 8 heteroatoms. The van der Waals surface area contributed by atoms with Crippen molar-refractivity contribution in [1.82, 2.24) is 10.2 Å². The minimum absolute atomic E-state index is 0.213. The summed E-state index contributed by atoms with van der Waals surface area (Å²) in [5, 5.41) is 11.8. The van der Waals surface area contributed by atoms with Crippen LogP contribution in [0, 0.1) is 0 Å². The molecule has 0 saturated carbocycles. The first-order valence-electron chi connectivity index (χ1n) is 7.79. The Hall–Kier alpha value is -2.09. The van der Waals surface area contributed by atoms with E-state index in [4.69, 9.17) is 0 Å². The molecule has 0 aliphatic carbocycles. The minimum Gasteiger partial charge on any atom is -0.465 e. The average molecular weight is 396 g/mol. The van der Waals surface area contributed by atoms with E-state index in [9.17, 15) is 19.5 Å². The zero-order valence-corrected chi connectivity index (χ0v) is 14.8. The van der Waals surface area contributed by atoms with Gasteiger partial charge >= 0.3 is 6.09 Å². The number of rotatable bonds is 2. The van der Waals surface area contributed by atoms with Gasteiger partial charge < -0.3 is 15.3 Å². The van der Waals surface area contributed by atoms with Gasteiger partial charge in [-0.05, 0) is 37.0 Å². The predicted octanol–water partition coefficient (Wildman–Crippen LogP) is 1.84. The fourth-order valence-corrected chi connectivity index (χ4v) is 4.04. The van der Waals surface area contributed by atoms with Crippen molar-refractivity contribution in [1.29, 1.82) is 0 Å². The molecule has 0 radical (unpaired) electrons. The van der Waals surface area contributed by atoms with Crippen molar-refractivity contribution in [2.45, 2.75) is 25.3 Å². The van der Waals surface area contributed by atoms with Crippen LogP contribution in [-0.4, -0.2) is 54.1 Å². The van der Waals surface area contributed by atoms with Crippen LogP contribution in [0.2, 0.25) is 0 Å². The molecule has 1 aromatic rings. The lowest BCUT2D eigenvalue weighted by atomic mass is 10.1. The standard InChI is InChI=1S/C16H18BrN3O4/c1-18-14(21)9-7-11(17)10-4-6-19(13(10)8-9)15(22)12-3-2-5-20(12)16(23)24/h7-8,12H,2-6H2,1H3,(H,18,21)(H,23,24)/t12-/m0/s1. The first-order chi connectivity index (χ1) is 11.4. The van der Waals surface area contributed by atoms with Gasteiger partial charge in [0.2, 0.25) is 5.91 Å². The van der Waals surface area contributed by atoms with Crippen molar-refractivity contribution in [2.75, 3.05) is 25.0 Å². The number of halogens is 1. The van der Waals surface area contributed by atoms with Crippen LogP contribution in [0.4, 0.5) is 10.5 Å². The fraction of sp³-hybridized carbons (Fsp3) is 0.438. The van der Waals surface area contributed by atoms with Gasteiger partial charge in [0, 0.05) is 35.9 Å². The SMILES string of the molecule is CNC(=O)c1cc(Br)c2c(c1)N(C(=O)[C@@H]1CCCN1C(=O)O)CC2. The van der Waals surface area contributed by atoms with Gasteiger partial charge in [-0.2, -0.15) is 0 Å². The average Bonchev–Trinajstić information content (AvgIpc) is 3.20. The van der Waals surface area contributed by atoms with Gasteiger partial charge in [0.05, 0.1) is 0 Å². The Morgan fingerprint density at radius 3 is 2.71 bits per heavy atom. The number of benzene rings is 1. The van der Waals surface area contributed by atoms with Crippen LogP contribution >= 0.6 is 15.9 Å². The number of nitrogens with one attached hydrogen (secondary N) is 1. The molecule has 24 heavy (non-hydrogen) atoms. The largest absolute Gasteiger partial charge is 0.465 e. The van der Waals surface area contributed by atoms with Crippen LogP contribution in [0.15, 0.2) is 16.6 Å². The summed E-state index contributed by atoms with van der Waals surface area (Å²) >= 11 is 3.47. The number of carbonyl (C=O) groups is 3. The molecule has 0 unspecified atom stereocenters. The third-order valence-corrected chi connectivity index (χ3v) is 5.29. The van der Waals surface area contributed by atoms with Crippen molar-refractivity contribution in [2.24, 2.45) is 0 Å². The highest BCUT2D eigenvalue weighted by atomic mass is 79.9. The normalized spacial score (nSPS) is 19.3. The number of carboxylic acid groups (broad SMARTS) is 1. The van der Waals surface area contributed by atoms with Gasteiger partial charge in [-0.25, -0.2) is 4.79 Å². The van der Waals surface area contributed by atoms with Gasteiger partial charge in [-0.3, -0.25) is 14.5 Å². The van der Waals surface area contributed by atoms with E-state index in [1.165, 1.54) is 4.90 Å². The van der Waals surface area contributed by atoms with Crippen LogP contribution in [-0.2, 0) is 11.2 Å². The molecule has 0 bridgehead atoms. The molecule has 1 fully saturated rings. The smallest absolute Gasteiger partial charge is 0.407 e. The summed E-state index contributed by atoms with van der Waals surface area (Å²) in [5.41, 5.74) is 2.12. The molecular formula is C16H18BrN3O4. The third-order valence-electron chi connectivity index (χ3n) is 4.59. The van der Waals surface area contributed by atoms with Crippen molar-refractivity contribution in [3.05, 3.63) is 27.7 Å². The highest BCUT2D eigenvalue weighted by Gasteiger charge is 2.39. The van der Waals surface area contributed by atoms with E-state index in [0.29, 0.717) is 43.6 Å². The molecule has 2 aliphatic heterocycles. The highest BCUT2D eigenvalue weighted by molar-refractivity contribution is 9.10. The van der Waals surface area contributed by atoms with Crippen LogP contribution in [0.1, 0.15) is 28.8 Å². The van der Waals surface area contributed by atoms with Crippen LogP contribution in [0.5, 0.6) is 0 Å². The summed E-state index contributed by atoms with van der Waals surface area (Å²) in [6.07, 6.45) is 0.833. The maximum absolute atomic E-state index is 12.9. The first-order valence-corrected chi connectivity index (χ1v) is 8.58. The van der Waals surface area contributed by atoms with E-state index in [1.807, 2.05) is 0 Å². The minimum atomic E-state index is -1.06. The summed E-state index contributed by atoms with van der Waals surface area (Å²) in [7, 11) is 1.55. The number of nitrogens with zero attached hydrogens (tertiary/aromatic N) is 2. The lowest BCUT2D eigenvalue weighted by Crippen LogP contribution is -2.47. The van der Waals surface area contributed by atoms with E-state index in [-0.39, 0.29) is 11.8 Å². The summed E-state index contributed by atoms with van der Waals surface area (Å²) in [4.78, 5) is 38.9. The van der Waals surface area contributed by atoms with E-state index in [0.717, 1.165) is 10.0 Å². The zero-order chi connectivity index (χ0) is 17.4. The van der Waals surface area contributed by atoms with Crippen molar-refractivity contribution >= 4 is 39.5 Å². The second-order valence-corrected chi connectivity index (χ2v) is 6.76. The molecule has 1 atom stereocenters. The molecular weight excluding hydrogens is 378 g/mol. The van der Waals surface area contributed by atoms with Gasteiger partial charge in [0.25, 0.3) is 5.91 Å². The Labute approximate surface area is 147 Å². The lowest BCUT2D eigenvalue weighted by molar-refractivity contribution is -0.122. The number of carbonyl (C=O) groups excluding carboxylic acids is 2. The molecule has 1 aromatic carbocycles. The van der Waals surface area contributed by atoms with Gasteiger partial charge in [0.1, 0.15) is 6.04 Å². The molecule has 2 aliphatic rings. The quantitative estimate of drug-likeness (QED) is 0.799. The monoisotopic (exact) mass is 395 g/mol. The summed E-state index contributed by atoms with van der Waals surface area (Å²) in [6, 6.07) is 2.80. The molecule has 2 N–H and O–H groups in total. The molecule has 7 nitrogen and oxygen atoms in total. The third kappa shape index (κ3) is 2.75. The summed E-state index contributed by atoms with van der Waals surface area (Å²) in [5.74, 6) is -0.444. The summed E-state index contributed by atoms with van der Waals surface area (Å²) < 4.78 is 0.787. The van der Waals surface area contributed by atoms with E-state index >= 15 is 0 Å².